The first kappa shape index (κ1) is 12.1. The van der Waals surface area contributed by atoms with Crippen LogP contribution in [0.1, 0.15) is 5.69 Å². The Kier molecular flexibility index (Phi) is 2.70. The number of hydrogen-bond acceptors (Lipinski definition) is 5. The zero-order valence-electron chi connectivity index (χ0n) is 9.42. The van der Waals surface area contributed by atoms with Crippen LogP contribution < -0.4 is 0 Å². The molecule has 2 rings (SSSR count). The first-order chi connectivity index (χ1) is 7.80. The normalized spacial score (nSPS) is 12.0. The van der Waals surface area contributed by atoms with Gasteiger partial charge in [-0.3, -0.25) is 9.25 Å². The molecular formula is C8H10ClN5O2S. The van der Waals surface area contributed by atoms with E-state index in [1.54, 1.807) is 24.9 Å². The SMILES string of the molecule is Cc1nn(C)cc1-c1nnc(S(=O)(=O)Cl)n1C. The molecule has 0 unspecified atom stereocenters. The van der Waals surface area contributed by atoms with E-state index in [0.29, 0.717) is 11.4 Å². The molecule has 0 saturated heterocycles. The quantitative estimate of drug-likeness (QED) is 0.743. The molecule has 0 aromatic carbocycles. The molecule has 2 aromatic heterocycles. The minimum atomic E-state index is -3.89. The van der Waals surface area contributed by atoms with Gasteiger partial charge in [0.15, 0.2) is 5.82 Å². The van der Waals surface area contributed by atoms with E-state index in [4.69, 9.17) is 10.7 Å². The van der Waals surface area contributed by atoms with Crippen molar-refractivity contribution in [2.75, 3.05) is 0 Å². The van der Waals surface area contributed by atoms with Gasteiger partial charge in [0.25, 0.3) is 14.2 Å². The van der Waals surface area contributed by atoms with E-state index in [-0.39, 0.29) is 5.16 Å². The fraction of sp³-hybridized carbons (Fsp3) is 0.375. The van der Waals surface area contributed by atoms with Crippen molar-refractivity contribution in [2.24, 2.45) is 14.1 Å². The Bertz CT molecular complexity index is 672. The van der Waals surface area contributed by atoms with Crippen molar-refractivity contribution in [1.82, 2.24) is 24.5 Å². The van der Waals surface area contributed by atoms with Crippen LogP contribution in [-0.4, -0.2) is 33.0 Å². The van der Waals surface area contributed by atoms with Crippen LogP contribution >= 0.6 is 10.7 Å². The van der Waals surface area contributed by atoms with Gasteiger partial charge in [0.05, 0.1) is 11.3 Å². The summed E-state index contributed by atoms with van der Waals surface area (Å²) in [5.41, 5.74) is 1.45. The summed E-state index contributed by atoms with van der Waals surface area (Å²) in [6, 6.07) is 0. The maximum absolute atomic E-state index is 11.2. The van der Waals surface area contributed by atoms with Crippen LogP contribution in [0.4, 0.5) is 0 Å². The van der Waals surface area contributed by atoms with Crippen LogP contribution in [0.5, 0.6) is 0 Å². The fourth-order valence-electron chi connectivity index (χ4n) is 1.58. The topological polar surface area (TPSA) is 82.7 Å². The molecule has 7 nitrogen and oxygen atoms in total. The minimum Gasteiger partial charge on any atom is -0.300 e. The highest BCUT2D eigenvalue weighted by atomic mass is 35.7. The maximum atomic E-state index is 11.2. The minimum absolute atomic E-state index is 0.280. The Balaban J connectivity index is 2.63. The summed E-state index contributed by atoms with van der Waals surface area (Å²) in [6.07, 6.45) is 1.74. The van der Waals surface area contributed by atoms with Crippen LogP contribution in [0.25, 0.3) is 11.4 Å². The van der Waals surface area contributed by atoms with Gasteiger partial charge in [0.2, 0.25) is 0 Å². The van der Waals surface area contributed by atoms with Gasteiger partial charge in [0.1, 0.15) is 0 Å². The summed E-state index contributed by atoms with van der Waals surface area (Å²) in [6.45, 7) is 1.80. The molecule has 0 bridgehead atoms. The van der Waals surface area contributed by atoms with Crippen molar-refractivity contribution in [3.63, 3.8) is 0 Å². The van der Waals surface area contributed by atoms with Crippen LogP contribution in [0, 0.1) is 6.92 Å². The molecule has 0 aliphatic heterocycles. The number of nitrogens with zero attached hydrogens (tertiary/aromatic N) is 5. The first-order valence-corrected chi connectivity index (χ1v) is 6.96. The second-order valence-corrected chi connectivity index (χ2v) is 6.06. The van der Waals surface area contributed by atoms with Crippen molar-refractivity contribution in [3.05, 3.63) is 11.9 Å². The van der Waals surface area contributed by atoms with Crippen LogP contribution in [0.3, 0.4) is 0 Å². The van der Waals surface area contributed by atoms with Crippen LogP contribution in [0.15, 0.2) is 11.4 Å². The molecule has 0 atom stereocenters. The second-order valence-electron chi connectivity index (χ2n) is 3.60. The molecule has 17 heavy (non-hydrogen) atoms. The molecule has 0 amide bonds. The average Bonchev–Trinajstić information content (AvgIpc) is 2.68. The molecule has 0 radical (unpaired) electrons. The van der Waals surface area contributed by atoms with E-state index in [1.165, 1.54) is 11.6 Å². The lowest BCUT2D eigenvalue weighted by Gasteiger charge is -1.99. The zero-order chi connectivity index (χ0) is 12.8. The van der Waals surface area contributed by atoms with E-state index in [9.17, 15) is 8.42 Å². The number of aromatic nitrogens is 5. The Morgan fingerprint density at radius 1 is 1.29 bits per heavy atom. The van der Waals surface area contributed by atoms with Gasteiger partial charge in [-0.25, -0.2) is 8.42 Å². The lowest BCUT2D eigenvalue weighted by atomic mass is 10.2. The highest BCUT2D eigenvalue weighted by Crippen LogP contribution is 2.22. The Hall–Kier alpha value is -1.41. The number of rotatable bonds is 2. The summed E-state index contributed by atoms with van der Waals surface area (Å²) >= 11 is 0. The van der Waals surface area contributed by atoms with E-state index in [2.05, 4.69) is 15.3 Å². The first-order valence-electron chi connectivity index (χ1n) is 4.65. The summed E-state index contributed by atoms with van der Waals surface area (Å²) in [5, 5.41) is 11.3. The number of aryl methyl sites for hydroxylation is 2. The van der Waals surface area contributed by atoms with Gasteiger partial charge >= 0.3 is 0 Å². The van der Waals surface area contributed by atoms with Gasteiger partial charge in [-0.15, -0.1) is 10.2 Å². The Morgan fingerprint density at radius 3 is 2.35 bits per heavy atom. The number of halogens is 1. The molecule has 0 N–H and O–H groups in total. The van der Waals surface area contributed by atoms with Gasteiger partial charge in [-0.1, -0.05) is 0 Å². The van der Waals surface area contributed by atoms with Crippen molar-refractivity contribution >= 4 is 19.7 Å². The molecular weight excluding hydrogens is 266 g/mol. The molecule has 0 aliphatic carbocycles. The molecule has 0 aliphatic rings. The number of hydrogen-bond donors (Lipinski definition) is 0. The van der Waals surface area contributed by atoms with E-state index < -0.39 is 9.05 Å². The van der Waals surface area contributed by atoms with Crippen LogP contribution in [0.2, 0.25) is 0 Å². The summed E-state index contributed by atoms with van der Waals surface area (Å²) < 4.78 is 25.4. The molecule has 92 valence electrons. The van der Waals surface area contributed by atoms with Crippen molar-refractivity contribution in [1.29, 1.82) is 0 Å². The van der Waals surface area contributed by atoms with E-state index >= 15 is 0 Å². The third kappa shape index (κ3) is 2.05. The van der Waals surface area contributed by atoms with E-state index in [0.717, 1.165) is 5.69 Å². The van der Waals surface area contributed by atoms with Crippen LogP contribution in [-0.2, 0) is 23.1 Å². The zero-order valence-corrected chi connectivity index (χ0v) is 11.0. The second kappa shape index (κ2) is 3.81. The molecule has 2 heterocycles. The van der Waals surface area contributed by atoms with Crippen molar-refractivity contribution in [3.8, 4) is 11.4 Å². The average molecular weight is 276 g/mol. The predicted molar refractivity (Wildman–Crippen MR) is 61.0 cm³/mol. The molecule has 0 fully saturated rings. The lowest BCUT2D eigenvalue weighted by Crippen LogP contribution is -2.02. The van der Waals surface area contributed by atoms with Gasteiger partial charge in [-0.05, 0) is 6.92 Å². The monoisotopic (exact) mass is 275 g/mol. The van der Waals surface area contributed by atoms with E-state index in [1.807, 2.05) is 0 Å². The molecule has 2 aromatic rings. The van der Waals surface area contributed by atoms with Gasteiger partial charge < -0.3 is 0 Å². The fourth-order valence-corrected chi connectivity index (χ4v) is 2.54. The standard InChI is InChI=1S/C8H10ClN5O2S/c1-5-6(4-13(2)12-5)7-10-11-8(14(7)3)17(9,15)16/h4H,1-3H3. The largest absolute Gasteiger partial charge is 0.300 e. The Labute approximate surface area is 102 Å². The molecule has 0 saturated carbocycles. The lowest BCUT2D eigenvalue weighted by molar-refractivity contribution is 0.593. The summed E-state index contributed by atoms with van der Waals surface area (Å²) in [5.74, 6) is 0.412. The van der Waals surface area contributed by atoms with Gasteiger partial charge in [0, 0.05) is 31.0 Å². The Morgan fingerprint density at radius 2 is 1.94 bits per heavy atom. The maximum Gasteiger partial charge on any atom is 0.296 e. The molecule has 9 heteroatoms. The third-order valence-corrected chi connectivity index (χ3v) is 3.51. The van der Waals surface area contributed by atoms with Gasteiger partial charge in [-0.2, -0.15) is 5.10 Å². The van der Waals surface area contributed by atoms with Crippen molar-refractivity contribution in [2.45, 2.75) is 12.1 Å². The third-order valence-electron chi connectivity index (χ3n) is 2.31. The molecule has 0 spiro atoms. The highest BCUT2D eigenvalue weighted by molar-refractivity contribution is 8.13. The smallest absolute Gasteiger partial charge is 0.296 e. The summed E-state index contributed by atoms with van der Waals surface area (Å²) in [7, 11) is 4.65. The predicted octanol–water partition coefficient (Wildman–Crippen LogP) is 0.452. The summed E-state index contributed by atoms with van der Waals surface area (Å²) in [4.78, 5) is 0. The highest BCUT2D eigenvalue weighted by Gasteiger charge is 2.22. The van der Waals surface area contributed by atoms with Crippen molar-refractivity contribution < 1.29 is 8.42 Å².